The molecule has 4 nitrogen and oxygen atoms in total. The van der Waals surface area contributed by atoms with Crippen molar-refractivity contribution in [2.45, 2.75) is 24.9 Å². The number of aromatic nitrogens is 1. The van der Waals surface area contributed by atoms with Crippen LogP contribution in [0.3, 0.4) is 0 Å². The van der Waals surface area contributed by atoms with E-state index >= 15 is 0 Å². The molecular formula is C21H18Cl2N2O2. The van der Waals surface area contributed by atoms with E-state index in [2.05, 4.69) is 4.98 Å². The number of hydrogen-bond donors (Lipinski definition) is 1. The number of likely N-dealkylation sites (tertiary alicyclic amines) is 1. The first-order valence-corrected chi connectivity index (χ1v) is 9.59. The Hall–Kier alpha value is -2.14. The Kier molecular flexibility index (Phi) is 5.04. The van der Waals surface area contributed by atoms with Crippen molar-refractivity contribution in [3.63, 3.8) is 0 Å². The number of nitrogens with zero attached hydrogens (tertiary/aromatic N) is 2. The summed E-state index contributed by atoms with van der Waals surface area (Å²) < 4.78 is 0. The second-order valence-electron chi connectivity index (χ2n) is 6.73. The van der Waals surface area contributed by atoms with Crippen LogP contribution in [0.1, 0.15) is 30.0 Å². The lowest BCUT2D eigenvalue weighted by Gasteiger charge is -2.32. The third-order valence-electron chi connectivity index (χ3n) is 5.15. The highest BCUT2D eigenvalue weighted by Crippen LogP contribution is 2.39. The van der Waals surface area contributed by atoms with Crippen molar-refractivity contribution in [2.24, 2.45) is 0 Å². The van der Waals surface area contributed by atoms with E-state index < -0.39 is 12.0 Å². The lowest BCUT2D eigenvalue weighted by molar-refractivity contribution is -0.142. The molecule has 2 unspecified atom stereocenters. The van der Waals surface area contributed by atoms with Gasteiger partial charge in [-0.3, -0.25) is 14.7 Å². The van der Waals surface area contributed by atoms with Gasteiger partial charge in [0.2, 0.25) is 0 Å². The van der Waals surface area contributed by atoms with Crippen LogP contribution in [0, 0.1) is 0 Å². The minimum atomic E-state index is -0.795. The molecule has 1 fully saturated rings. The summed E-state index contributed by atoms with van der Waals surface area (Å²) in [7, 11) is 0. The summed E-state index contributed by atoms with van der Waals surface area (Å²) in [4.78, 5) is 18.4. The van der Waals surface area contributed by atoms with Crippen LogP contribution >= 0.6 is 23.2 Å². The third kappa shape index (κ3) is 3.41. The SMILES string of the molecule is O=C(O)C1CCCN1C(c1ccc(Cl)c(Cl)c1)c1ccnc2ccccc12. The molecule has 0 spiro atoms. The molecule has 1 N–H and O–H groups in total. The first kappa shape index (κ1) is 18.2. The minimum absolute atomic E-state index is 0.240. The van der Waals surface area contributed by atoms with Crippen molar-refractivity contribution in [1.82, 2.24) is 9.88 Å². The molecule has 4 rings (SSSR count). The molecule has 1 saturated heterocycles. The number of aliphatic carboxylic acids is 1. The number of hydrogen-bond acceptors (Lipinski definition) is 3. The molecule has 2 aromatic carbocycles. The van der Waals surface area contributed by atoms with Crippen LogP contribution in [-0.2, 0) is 4.79 Å². The Morgan fingerprint density at radius 2 is 1.96 bits per heavy atom. The zero-order chi connectivity index (χ0) is 19.0. The van der Waals surface area contributed by atoms with Gasteiger partial charge < -0.3 is 5.11 Å². The van der Waals surface area contributed by atoms with Crippen LogP contribution in [0.4, 0.5) is 0 Å². The van der Waals surface area contributed by atoms with E-state index in [1.165, 1.54) is 0 Å². The Labute approximate surface area is 167 Å². The first-order valence-electron chi connectivity index (χ1n) is 8.83. The molecule has 1 aliphatic rings. The summed E-state index contributed by atoms with van der Waals surface area (Å²) >= 11 is 12.4. The van der Waals surface area contributed by atoms with Crippen LogP contribution in [0.2, 0.25) is 10.0 Å². The van der Waals surface area contributed by atoms with E-state index in [1.54, 1.807) is 12.3 Å². The smallest absolute Gasteiger partial charge is 0.320 e. The summed E-state index contributed by atoms with van der Waals surface area (Å²) in [5.74, 6) is -0.795. The molecule has 2 heterocycles. The highest BCUT2D eigenvalue weighted by molar-refractivity contribution is 6.42. The molecule has 0 radical (unpaired) electrons. The number of fused-ring (bicyclic) bond motifs is 1. The van der Waals surface area contributed by atoms with Gasteiger partial charge in [0, 0.05) is 18.1 Å². The van der Waals surface area contributed by atoms with Gasteiger partial charge in [-0.1, -0.05) is 47.5 Å². The summed E-state index contributed by atoms with van der Waals surface area (Å²) in [5, 5.41) is 11.7. The number of benzene rings is 2. The van der Waals surface area contributed by atoms with E-state index in [0.29, 0.717) is 23.0 Å². The maximum Gasteiger partial charge on any atom is 0.320 e. The molecule has 1 aliphatic heterocycles. The van der Waals surface area contributed by atoms with Crippen molar-refractivity contribution in [3.8, 4) is 0 Å². The number of halogens is 2. The fourth-order valence-electron chi connectivity index (χ4n) is 3.95. The zero-order valence-corrected chi connectivity index (χ0v) is 16.0. The topological polar surface area (TPSA) is 53.4 Å². The normalized spacial score (nSPS) is 18.7. The number of carbonyl (C=O) groups is 1. The van der Waals surface area contributed by atoms with Crippen LogP contribution in [0.5, 0.6) is 0 Å². The van der Waals surface area contributed by atoms with Crippen LogP contribution < -0.4 is 0 Å². The van der Waals surface area contributed by atoms with Gasteiger partial charge in [-0.2, -0.15) is 0 Å². The van der Waals surface area contributed by atoms with Gasteiger partial charge in [0.1, 0.15) is 6.04 Å². The fraction of sp³-hybridized carbons (Fsp3) is 0.238. The quantitative estimate of drug-likeness (QED) is 0.655. The molecule has 27 heavy (non-hydrogen) atoms. The lowest BCUT2D eigenvalue weighted by Crippen LogP contribution is -2.39. The van der Waals surface area contributed by atoms with Crippen LogP contribution in [-0.4, -0.2) is 33.5 Å². The van der Waals surface area contributed by atoms with Gasteiger partial charge in [0.25, 0.3) is 0 Å². The summed E-state index contributed by atoms with van der Waals surface area (Å²) in [6, 6.07) is 14.6. The molecule has 0 saturated carbocycles. The molecule has 6 heteroatoms. The maximum atomic E-state index is 11.9. The molecule has 1 aromatic heterocycles. The highest BCUT2D eigenvalue weighted by Gasteiger charge is 2.37. The molecule has 138 valence electrons. The number of para-hydroxylation sites is 1. The van der Waals surface area contributed by atoms with Gasteiger partial charge >= 0.3 is 5.97 Å². The summed E-state index contributed by atoms with van der Waals surface area (Å²) in [5.41, 5.74) is 2.83. The van der Waals surface area contributed by atoms with Crippen LogP contribution in [0.25, 0.3) is 10.9 Å². The molecule has 2 atom stereocenters. The lowest BCUT2D eigenvalue weighted by atomic mass is 9.93. The zero-order valence-electron chi connectivity index (χ0n) is 14.5. The van der Waals surface area contributed by atoms with Gasteiger partial charge in [-0.25, -0.2) is 0 Å². The average molecular weight is 401 g/mol. The van der Waals surface area contributed by atoms with Crippen molar-refractivity contribution in [1.29, 1.82) is 0 Å². The monoisotopic (exact) mass is 400 g/mol. The van der Waals surface area contributed by atoms with Crippen molar-refractivity contribution >= 4 is 40.1 Å². The number of carboxylic acid groups (broad SMARTS) is 1. The Morgan fingerprint density at radius 1 is 1.15 bits per heavy atom. The first-order chi connectivity index (χ1) is 13.1. The maximum absolute atomic E-state index is 11.9. The molecule has 3 aromatic rings. The second-order valence-corrected chi connectivity index (χ2v) is 7.54. The molecule has 0 bridgehead atoms. The standard InChI is InChI=1S/C21H18Cl2N2O2/c22-16-8-7-13(12-17(16)23)20(25-11-3-6-19(25)21(26)27)15-9-10-24-18-5-2-1-4-14(15)18/h1-2,4-5,7-10,12,19-20H,3,6,11H2,(H,26,27). The van der Waals surface area contributed by atoms with Crippen LogP contribution in [0.15, 0.2) is 54.7 Å². The predicted molar refractivity (Wildman–Crippen MR) is 107 cm³/mol. The van der Waals surface area contributed by atoms with Crippen molar-refractivity contribution < 1.29 is 9.90 Å². The van der Waals surface area contributed by atoms with E-state index in [1.807, 2.05) is 47.4 Å². The van der Waals surface area contributed by atoms with E-state index in [-0.39, 0.29) is 6.04 Å². The Morgan fingerprint density at radius 3 is 2.74 bits per heavy atom. The van der Waals surface area contributed by atoms with E-state index in [9.17, 15) is 9.90 Å². The third-order valence-corrected chi connectivity index (χ3v) is 5.89. The van der Waals surface area contributed by atoms with Gasteiger partial charge in [-0.05, 0) is 48.2 Å². The van der Waals surface area contributed by atoms with E-state index in [0.717, 1.165) is 28.5 Å². The van der Waals surface area contributed by atoms with Gasteiger partial charge in [0.05, 0.1) is 21.6 Å². The Bertz CT molecular complexity index is 1000. The highest BCUT2D eigenvalue weighted by atomic mass is 35.5. The van der Waals surface area contributed by atoms with Gasteiger partial charge in [-0.15, -0.1) is 0 Å². The second kappa shape index (κ2) is 7.47. The largest absolute Gasteiger partial charge is 0.480 e. The molecule has 0 aliphatic carbocycles. The summed E-state index contributed by atoms with van der Waals surface area (Å²) in [6.07, 6.45) is 3.25. The molecular weight excluding hydrogens is 383 g/mol. The fourth-order valence-corrected chi connectivity index (χ4v) is 4.26. The molecule has 0 amide bonds. The predicted octanol–water partition coefficient (Wildman–Crippen LogP) is 5.18. The number of rotatable bonds is 4. The van der Waals surface area contributed by atoms with E-state index in [4.69, 9.17) is 23.2 Å². The van der Waals surface area contributed by atoms with Gasteiger partial charge in [0.15, 0.2) is 0 Å². The van der Waals surface area contributed by atoms with Crippen molar-refractivity contribution in [2.75, 3.05) is 6.54 Å². The minimum Gasteiger partial charge on any atom is -0.480 e. The number of carboxylic acids is 1. The average Bonchev–Trinajstić information content (AvgIpc) is 3.15. The Balaban J connectivity index is 1.92. The summed E-state index contributed by atoms with van der Waals surface area (Å²) in [6.45, 7) is 0.707. The number of pyridine rings is 1. The van der Waals surface area contributed by atoms with Crippen molar-refractivity contribution in [3.05, 3.63) is 75.9 Å².